The number of rotatable bonds is 5. The van der Waals surface area contributed by atoms with Crippen molar-refractivity contribution in [3.8, 4) is 0 Å². The zero-order valence-electron chi connectivity index (χ0n) is 9.22. The maximum atomic E-state index is 5.75. The van der Waals surface area contributed by atoms with Gasteiger partial charge in [-0.15, -0.1) is 0 Å². The summed E-state index contributed by atoms with van der Waals surface area (Å²) in [5.74, 6) is 0. The maximum absolute atomic E-state index is 5.75. The Morgan fingerprint density at radius 1 is 1.54 bits per heavy atom. The molecule has 0 aliphatic carbocycles. The summed E-state index contributed by atoms with van der Waals surface area (Å²) in [6, 6.07) is 0. The van der Waals surface area contributed by atoms with E-state index in [0.717, 1.165) is 18.7 Å². The van der Waals surface area contributed by atoms with E-state index in [-0.39, 0.29) is 9.71 Å². The molecule has 13 heavy (non-hydrogen) atoms. The molecule has 0 aromatic heterocycles. The van der Waals surface area contributed by atoms with Gasteiger partial charge in [-0.25, -0.2) is 0 Å². The van der Waals surface area contributed by atoms with Gasteiger partial charge < -0.3 is 4.74 Å². The van der Waals surface area contributed by atoms with Crippen molar-refractivity contribution in [3.05, 3.63) is 0 Å². The zero-order valence-corrected chi connectivity index (χ0v) is 11.4. The number of nitrogens with zero attached hydrogens (tertiary/aromatic N) is 1. The molecule has 1 atom stereocenters. The first-order valence-electron chi connectivity index (χ1n) is 4.74. The molecule has 0 heterocycles. The van der Waals surface area contributed by atoms with E-state index in [4.69, 9.17) is 4.74 Å². The lowest BCUT2D eigenvalue weighted by atomic mass is 10.2. The third kappa shape index (κ3) is 7.43. The largest absolute Gasteiger partial charge is 0.356 e. The van der Waals surface area contributed by atoms with Gasteiger partial charge in [0.25, 0.3) is 0 Å². The van der Waals surface area contributed by atoms with Crippen LogP contribution in [0.25, 0.3) is 0 Å². The second-order valence-electron chi connectivity index (χ2n) is 3.65. The molecule has 0 bridgehead atoms. The van der Waals surface area contributed by atoms with E-state index >= 15 is 0 Å². The summed E-state index contributed by atoms with van der Waals surface area (Å²) < 4.78 is 5.64. The molecule has 0 saturated carbocycles. The summed E-state index contributed by atoms with van der Waals surface area (Å²) in [7, 11) is 0. The number of aliphatic imine (C=N–C) groups is 1. The van der Waals surface area contributed by atoms with Crippen LogP contribution in [0.15, 0.2) is 4.99 Å². The quantitative estimate of drug-likeness (QED) is 0.433. The van der Waals surface area contributed by atoms with Gasteiger partial charge in [0.05, 0.1) is 6.10 Å². The van der Waals surface area contributed by atoms with Crippen molar-refractivity contribution >= 4 is 28.3 Å². The Kier molecular flexibility index (Phi) is 6.12. The molecule has 2 nitrogen and oxygen atoms in total. The number of halogens is 1. The molecule has 1 unspecified atom stereocenters. The second-order valence-corrected chi connectivity index (χ2v) is 6.24. The Morgan fingerprint density at radius 2 is 2.08 bits per heavy atom. The van der Waals surface area contributed by atoms with E-state index in [1.165, 1.54) is 0 Å². The molecule has 0 aliphatic heterocycles. The van der Waals surface area contributed by atoms with Crippen LogP contribution in [0.2, 0.25) is 0 Å². The smallest absolute Gasteiger partial charge is 0.114 e. The average molecular weight is 297 g/mol. The van der Waals surface area contributed by atoms with Crippen LogP contribution in [-0.4, -0.2) is 22.0 Å². The predicted molar refractivity (Wildman–Crippen MR) is 66.9 cm³/mol. The lowest BCUT2D eigenvalue weighted by Crippen LogP contribution is -2.27. The number of alkyl halides is 1. The molecule has 0 saturated heterocycles. The van der Waals surface area contributed by atoms with Crippen LogP contribution < -0.4 is 0 Å². The van der Waals surface area contributed by atoms with Crippen molar-refractivity contribution in [2.75, 3.05) is 6.54 Å². The van der Waals surface area contributed by atoms with Crippen molar-refractivity contribution in [3.63, 3.8) is 0 Å². The third-order valence-corrected chi connectivity index (χ3v) is 1.88. The normalized spacial score (nSPS) is 16.0. The number of hydrogen-bond donors (Lipinski definition) is 0. The van der Waals surface area contributed by atoms with Gasteiger partial charge in [0.15, 0.2) is 0 Å². The van der Waals surface area contributed by atoms with Crippen LogP contribution in [0, 0.1) is 0 Å². The molecule has 0 amide bonds. The summed E-state index contributed by atoms with van der Waals surface area (Å²) in [4.78, 5) is 4.42. The molecular formula is C10H20INO. The lowest BCUT2D eigenvalue weighted by Gasteiger charge is -2.23. The Hall–Kier alpha value is 0.360. The van der Waals surface area contributed by atoms with Crippen molar-refractivity contribution in [1.29, 1.82) is 0 Å². The van der Waals surface area contributed by atoms with Crippen molar-refractivity contribution in [2.24, 2.45) is 4.99 Å². The Bertz CT molecular complexity index is 172. The number of hydrogen-bond acceptors (Lipinski definition) is 2. The lowest BCUT2D eigenvalue weighted by molar-refractivity contribution is 0.0437. The van der Waals surface area contributed by atoms with Gasteiger partial charge in [0.1, 0.15) is 3.61 Å². The minimum absolute atomic E-state index is 0.111. The first kappa shape index (κ1) is 13.4. The van der Waals surface area contributed by atoms with Gasteiger partial charge in [-0.1, -0.05) is 6.92 Å². The van der Waals surface area contributed by atoms with Crippen LogP contribution in [0.4, 0.5) is 0 Å². The van der Waals surface area contributed by atoms with Gasteiger partial charge in [0.2, 0.25) is 0 Å². The van der Waals surface area contributed by atoms with Crippen molar-refractivity contribution < 1.29 is 4.74 Å². The molecular weight excluding hydrogens is 277 g/mol. The summed E-state index contributed by atoms with van der Waals surface area (Å²) in [6.45, 7) is 11.2. The molecule has 3 heteroatoms. The SMILES string of the molecule is CCCN=C(C)C(C)OC(C)(C)I. The van der Waals surface area contributed by atoms with Crippen LogP contribution in [-0.2, 0) is 4.74 Å². The topological polar surface area (TPSA) is 21.6 Å². The van der Waals surface area contributed by atoms with E-state index in [2.05, 4.69) is 55.3 Å². The molecule has 0 spiro atoms. The Morgan fingerprint density at radius 3 is 2.46 bits per heavy atom. The fourth-order valence-electron chi connectivity index (χ4n) is 0.922. The highest BCUT2D eigenvalue weighted by molar-refractivity contribution is 14.1. The van der Waals surface area contributed by atoms with Gasteiger partial charge in [0, 0.05) is 12.3 Å². The van der Waals surface area contributed by atoms with Gasteiger partial charge in [-0.05, 0) is 56.7 Å². The van der Waals surface area contributed by atoms with Crippen LogP contribution in [0.3, 0.4) is 0 Å². The minimum Gasteiger partial charge on any atom is -0.356 e. The first-order chi connectivity index (χ1) is 5.87. The summed E-state index contributed by atoms with van der Waals surface area (Å²) in [5.41, 5.74) is 1.09. The van der Waals surface area contributed by atoms with Crippen LogP contribution >= 0.6 is 22.6 Å². The van der Waals surface area contributed by atoms with Crippen molar-refractivity contribution in [1.82, 2.24) is 0 Å². The first-order valence-corrected chi connectivity index (χ1v) is 5.82. The molecule has 0 N–H and O–H groups in total. The molecule has 0 aromatic carbocycles. The molecule has 0 radical (unpaired) electrons. The fourth-order valence-corrected chi connectivity index (χ4v) is 1.30. The Balaban J connectivity index is 4.03. The van der Waals surface area contributed by atoms with E-state index in [1.54, 1.807) is 0 Å². The predicted octanol–water partition coefficient (Wildman–Crippen LogP) is 3.43. The fraction of sp³-hybridized carbons (Fsp3) is 0.900. The summed E-state index contributed by atoms with van der Waals surface area (Å²) in [5, 5.41) is 0. The van der Waals surface area contributed by atoms with E-state index in [0.29, 0.717) is 0 Å². The molecule has 0 rings (SSSR count). The molecule has 0 fully saturated rings. The standard InChI is InChI=1S/C10H20INO/c1-6-7-12-8(2)9(3)13-10(4,5)11/h9H,6-7H2,1-5H3. The third-order valence-electron chi connectivity index (χ3n) is 1.63. The van der Waals surface area contributed by atoms with E-state index < -0.39 is 0 Å². The van der Waals surface area contributed by atoms with Gasteiger partial charge >= 0.3 is 0 Å². The van der Waals surface area contributed by atoms with E-state index in [9.17, 15) is 0 Å². The Labute approximate surface area is 95.3 Å². The van der Waals surface area contributed by atoms with Gasteiger partial charge in [-0.2, -0.15) is 0 Å². The molecule has 0 aromatic rings. The second kappa shape index (κ2) is 5.96. The molecule has 0 aliphatic rings. The summed E-state index contributed by atoms with van der Waals surface area (Å²) in [6.07, 6.45) is 1.22. The minimum atomic E-state index is -0.111. The monoisotopic (exact) mass is 297 g/mol. The maximum Gasteiger partial charge on any atom is 0.114 e. The van der Waals surface area contributed by atoms with Gasteiger partial charge in [-0.3, -0.25) is 4.99 Å². The summed E-state index contributed by atoms with van der Waals surface area (Å²) >= 11 is 2.29. The zero-order chi connectivity index (χ0) is 10.5. The highest BCUT2D eigenvalue weighted by Gasteiger charge is 2.18. The highest BCUT2D eigenvalue weighted by atomic mass is 127. The van der Waals surface area contributed by atoms with E-state index in [1.807, 2.05) is 6.92 Å². The van der Waals surface area contributed by atoms with Crippen molar-refractivity contribution in [2.45, 2.75) is 50.8 Å². The number of ether oxygens (including phenoxy) is 1. The van der Waals surface area contributed by atoms with Crippen LogP contribution in [0.1, 0.15) is 41.0 Å². The average Bonchev–Trinajstić information content (AvgIpc) is 1.96. The molecule has 78 valence electrons. The van der Waals surface area contributed by atoms with Crippen LogP contribution in [0.5, 0.6) is 0 Å². The highest BCUT2D eigenvalue weighted by Crippen LogP contribution is 2.20.